The van der Waals surface area contributed by atoms with Gasteiger partial charge in [-0.3, -0.25) is 4.79 Å². The van der Waals surface area contributed by atoms with Gasteiger partial charge in [0.2, 0.25) is 0 Å². The minimum absolute atomic E-state index is 0.0932. The standard InChI is InChI=1S/C16H22N2O2S2/c19-14(10-13-11-21-8-9-22-13)20-15(12-4-1-2-5-12)16-17-6-3-7-18-16/h3,6-7,12-13,15H,1-2,4-5,8-11H2/t13-,15+/m1/s1. The molecule has 1 aromatic heterocycles. The number of carbonyl (C=O) groups excluding carboxylic acids is 1. The molecule has 1 aliphatic carbocycles. The van der Waals surface area contributed by atoms with Gasteiger partial charge in [0.15, 0.2) is 11.9 Å². The van der Waals surface area contributed by atoms with Crippen LogP contribution in [0.3, 0.4) is 0 Å². The summed E-state index contributed by atoms with van der Waals surface area (Å²) in [6.07, 6.45) is 8.32. The molecule has 2 fully saturated rings. The highest BCUT2D eigenvalue weighted by molar-refractivity contribution is 8.06. The van der Waals surface area contributed by atoms with Gasteiger partial charge >= 0.3 is 5.97 Å². The van der Waals surface area contributed by atoms with Crippen molar-refractivity contribution in [2.45, 2.75) is 43.5 Å². The first kappa shape index (κ1) is 16.1. The van der Waals surface area contributed by atoms with Gasteiger partial charge in [-0.25, -0.2) is 9.97 Å². The number of nitrogens with zero attached hydrogens (tertiary/aromatic N) is 2. The molecule has 1 saturated heterocycles. The molecule has 2 heterocycles. The van der Waals surface area contributed by atoms with Crippen LogP contribution in [0.15, 0.2) is 18.5 Å². The molecule has 2 atom stereocenters. The molecule has 0 aromatic carbocycles. The van der Waals surface area contributed by atoms with Crippen molar-refractivity contribution in [2.24, 2.45) is 5.92 Å². The van der Waals surface area contributed by atoms with E-state index in [1.807, 2.05) is 23.5 Å². The third-order valence-electron chi connectivity index (χ3n) is 4.21. The Morgan fingerprint density at radius 3 is 2.73 bits per heavy atom. The number of esters is 1. The fourth-order valence-corrected chi connectivity index (χ4v) is 5.77. The molecule has 1 saturated carbocycles. The Morgan fingerprint density at radius 1 is 1.27 bits per heavy atom. The van der Waals surface area contributed by atoms with E-state index < -0.39 is 0 Å². The van der Waals surface area contributed by atoms with Crippen LogP contribution in [0.25, 0.3) is 0 Å². The molecule has 0 amide bonds. The number of hydrogen-bond donors (Lipinski definition) is 0. The zero-order valence-electron chi connectivity index (χ0n) is 12.6. The fourth-order valence-electron chi connectivity index (χ4n) is 3.11. The van der Waals surface area contributed by atoms with Crippen LogP contribution in [-0.2, 0) is 9.53 Å². The molecule has 1 aromatic rings. The normalized spacial score (nSPS) is 24.1. The van der Waals surface area contributed by atoms with Crippen molar-refractivity contribution in [3.8, 4) is 0 Å². The van der Waals surface area contributed by atoms with Crippen molar-refractivity contribution in [3.63, 3.8) is 0 Å². The van der Waals surface area contributed by atoms with Gasteiger partial charge in [-0.05, 0) is 18.9 Å². The van der Waals surface area contributed by atoms with E-state index in [2.05, 4.69) is 9.97 Å². The van der Waals surface area contributed by atoms with Gasteiger partial charge in [0.1, 0.15) is 0 Å². The molecule has 4 nitrogen and oxygen atoms in total. The zero-order valence-corrected chi connectivity index (χ0v) is 14.3. The summed E-state index contributed by atoms with van der Waals surface area (Å²) in [6.45, 7) is 0. The Bertz CT molecular complexity index is 474. The highest BCUT2D eigenvalue weighted by Crippen LogP contribution is 2.37. The molecule has 0 radical (unpaired) electrons. The molecular formula is C16H22N2O2S2. The fraction of sp³-hybridized carbons (Fsp3) is 0.688. The average Bonchev–Trinajstić information content (AvgIpc) is 3.08. The summed E-state index contributed by atoms with van der Waals surface area (Å²) in [5, 5.41) is 0.396. The predicted molar refractivity (Wildman–Crippen MR) is 91.0 cm³/mol. The second-order valence-electron chi connectivity index (χ2n) is 5.83. The van der Waals surface area contributed by atoms with Gasteiger partial charge in [0, 0.05) is 40.8 Å². The minimum atomic E-state index is -0.266. The molecule has 1 aliphatic heterocycles. The first-order valence-corrected chi connectivity index (χ1v) is 10.2. The van der Waals surface area contributed by atoms with Crippen molar-refractivity contribution < 1.29 is 9.53 Å². The third kappa shape index (κ3) is 4.38. The lowest BCUT2D eigenvalue weighted by Crippen LogP contribution is -2.24. The summed E-state index contributed by atoms with van der Waals surface area (Å²) in [5.74, 6) is 4.32. The Balaban J connectivity index is 1.63. The molecule has 3 rings (SSSR count). The summed E-state index contributed by atoms with van der Waals surface area (Å²) >= 11 is 3.83. The summed E-state index contributed by atoms with van der Waals surface area (Å²) < 4.78 is 5.84. The van der Waals surface area contributed by atoms with E-state index in [9.17, 15) is 4.79 Å². The topological polar surface area (TPSA) is 52.1 Å². The van der Waals surface area contributed by atoms with E-state index in [1.54, 1.807) is 18.5 Å². The first-order valence-electron chi connectivity index (χ1n) is 7.98. The van der Waals surface area contributed by atoms with Gasteiger partial charge in [-0.1, -0.05) is 12.8 Å². The molecule has 2 aliphatic rings. The van der Waals surface area contributed by atoms with Gasteiger partial charge in [0.05, 0.1) is 6.42 Å². The molecular weight excluding hydrogens is 316 g/mol. The smallest absolute Gasteiger partial charge is 0.307 e. The maximum absolute atomic E-state index is 12.4. The maximum Gasteiger partial charge on any atom is 0.307 e. The molecule has 120 valence electrons. The second-order valence-corrected chi connectivity index (χ2v) is 8.39. The molecule has 0 N–H and O–H groups in total. The quantitative estimate of drug-likeness (QED) is 0.766. The van der Waals surface area contributed by atoms with E-state index in [4.69, 9.17) is 4.74 Å². The average molecular weight is 338 g/mol. The maximum atomic E-state index is 12.4. The Hall–Kier alpha value is -0.750. The number of thioether (sulfide) groups is 2. The lowest BCUT2D eigenvalue weighted by Gasteiger charge is -2.24. The van der Waals surface area contributed by atoms with E-state index >= 15 is 0 Å². The molecule has 0 spiro atoms. The summed E-state index contributed by atoms with van der Waals surface area (Å²) in [6, 6.07) is 1.80. The first-order chi connectivity index (χ1) is 10.8. The summed E-state index contributed by atoms with van der Waals surface area (Å²) in [5.41, 5.74) is 0. The van der Waals surface area contributed by atoms with Gasteiger partial charge < -0.3 is 4.74 Å². The third-order valence-corrected chi connectivity index (χ3v) is 7.05. The number of aromatic nitrogens is 2. The van der Waals surface area contributed by atoms with Crippen molar-refractivity contribution >= 4 is 29.5 Å². The van der Waals surface area contributed by atoms with E-state index in [0.29, 0.717) is 23.4 Å². The van der Waals surface area contributed by atoms with Crippen LogP contribution in [0.4, 0.5) is 0 Å². The number of rotatable bonds is 5. The van der Waals surface area contributed by atoms with E-state index in [0.717, 1.165) is 24.3 Å². The zero-order chi connectivity index (χ0) is 15.2. The predicted octanol–water partition coefficient (Wildman–Crippen LogP) is 3.49. The van der Waals surface area contributed by atoms with Gasteiger partial charge in [-0.15, -0.1) is 0 Å². The van der Waals surface area contributed by atoms with Crippen molar-refractivity contribution in [2.75, 3.05) is 17.3 Å². The van der Waals surface area contributed by atoms with Crippen molar-refractivity contribution in [1.82, 2.24) is 9.97 Å². The van der Waals surface area contributed by atoms with Crippen molar-refractivity contribution in [1.29, 1.82) is 0 Å². The van der Waals surface area contributed by atoms with Crippen LogP contribution in [0.1, 0.15) is 44.0 Å². The Kier molecular flexibility index (Phi) is 6.01. The minimum Gasteiger partial charge on any atom is -0.454 e. The van der Waals surface area contributed by atoms with Crippen LogP contribution < -0.4 is 0 Å². The highest BCUT2D eigenvalue weighted by Gasteiger charge is 2.32. The van der Waals surface area contributed by atoms with Crippen LogP contribution in [0.2, 0.25) is 0 Å². The lowest BCUT2D eigenvalue weighted by molar-refractivity contribution is -0.152. The summed E-state index contributed by atoms with van der Waals surface area (Å²) in [7, 11) is 0. The Labute approximate surface area is 140 Å². The molecule has 22 heavy (non-hydrogen) atoms. The van der Waals surface area contributed by atoms with Crippen molar-refractivity contribution in [3.05, 3.63) is 24.3 Å². The summed E-state index contributed by atoms with van der Waals surface area (Å²) in [4.78, 5) is 21.0. The Morgan fingerprint density at radius 2 is 2.05 bits per heavy atom. The lowest BCUT2D eigenvalue weighted by atomic mass is 10.00. The SMILES string of the molecule is O=C(C[C@@H]1CSCCS1)O[C@H](c1ncccn1)C1CCCC1. The number of carbonyl (C=O) groups is 1. The highest BCUT2D eigenvalue weighted by atomic mass is 32.2. The largest absolute Gasteiger partial charge is 0.454 e. The van der Waals surface area contributed by atoms with Gasteiger partial charge in [-0.2, -0.15) is 23.5 Å². The van der Waals surface area contributed by atoms with Crippen LogP contribution in [0, 0.1) is 5.92 Å². The van der Waals surface area contributed by atoms with Crippen LogP contribution in [0.5, 0.6) is 0 Å². The van der Waals surface area contributed by atoms with E-state index in [1.165, 1.54) is 18.6 Å². The van der Waals surface area contributed by atoms with E-state index in [-0.39, 0.29) is 12.1 Å². The van der Waals surface area contributed by atoms with Crippen LogP contribution >= 0.6 is 23.5 Å². The monoisotopic (exact) mass is 338 g/mol. The molecule has 0 bridgehead atoms. The number of ether oxygens (including phenoxy) is 1. The van der Waals surface area contributed by atoms with Crippen LogP contribution in [-0.4, -0.2) is 38.4 Å². The van der Waals surface area contributed by atoms with Gasteiger partial charge in [0.25, 0.3) is 0 Å². The second kappa shape index (κ2) is 8.20. The molecule has 0 unspecified atom stereocenters. The molecule has 6 heteroatoms. The number of hydrogen-bond acceptors (Lipinski definition) is 6.